The lowest BCUT2D eigenvalue weighted by molar-refractivity contribution is -0.0598. The predicted octanol–water partition coefficient (Wildman–Crippen LogP) is 2.26. The van der Waals surface area contributed by atoms with Crippen molar-refractivity contribution in [2.45, 2.75) is 37.7 Å². The Morgan fingerprint density at radius 3 is 3.12 bits per heavy atom. The van der Waals surface area contributed by atoms with Gasteiger partial charge in [0.2, 0.25) is 0 Å². The van der Waals surface area contributed by atoms with E-state index in [0.29, 0.717) is 25.3 Å². The topological polar surface area (TPSA) is 64.8 Å². The standard InChI is InChI=1S/C18H20N2O4/c21-18(14-5-8-22-12-14)20-7-9-23-16-4-3-15(20)17(16)24-11-13-2-1-6-19-10-13/h1-2,5-6,8,10,12,15-17H,3-4,7,9,11H2. The minimum Gasteiger partial charge on any atom is -0.472 e. The van der Waals surface area contributed by atoms with Gasteiger partial charge < -0.3 is 18.8 Å². The number of carbonyl (C=O) groups excluding carboxylic acids is 1. The summed E-state index contributed by atoms with van der Waals surface area (Å²) in [5, 5.41) is 0. The van der Waals surface area contributed by atoms with Crippen LogP contribution in [0, 0.1) is 0 Å². The van der Waals surface area contributed by atoms with Crippen LogP contribution in [0.3, 0.4) is 0 Å². The molecule has 24 heavy (non-hydrogen) atoms. The highest BCUT2D eigenvalue weighted by atomic mass is 16.5. The maximum atomic E-state index is 12.8. The maximum Gasteiger partial charge on any atom is 0.257 e. The lowest BCUT2D eigenvalue weighted by Crippen LogP contribution is -2.46. The molecule has 0 radical (unpaired) electrons. The van der Waals surface area contributed by atoms with E-state index in [1.54, 1.807) is 18.5 Å². The molecule has 2 aliphatic rings. The quantitative estimate of drug-likeness (QED) is 0.861. The molecule has 1 amide bonds. The van der Waals surface area contributed by atoms with Crippen molar-refractivity contribution in [1.29, 1.82) is 0 Å². The van der Waals surface area contributed by atoms with Gasteiger partial charge in [0.25, 0.3) is 5.91 Å². The van der Waals surface area contributed by atoms with Gasteiger partial charge in [0.1, 0.15) is 12.4 Å². The van der Waals surface area contributed by atoms with Crippen LogP contribution in [0.15, 0.2) is 47.5 Å². The van der Waals surface area contributed by atoms with Crippen LogP contribution in [0.5, 0.6) is 0 Å². The molecule has 3 heterocycles. The fourth-order valence-electron chi connectivity index (χ4n) is 3.59. The van der Waals surface area contributed by atoms with Gasteiger partial charge >= 0.3 is 0 Å². The van der Waals surface area contributed by atoms with Crippen molar-refractivity contribution >= 4 is 5.91 Å². The zero-order chi connectivity index (χ0) is 16.4. The molecular formula is C18H20N2O4. The molecule has 0 spiro atoms. The number of aromatic nitrogens is 1. The maximum absolute atomic E-state index is 12.8. The van der Waals surface area contributed by atoms with E-state index in [0.717, 1.165) is 18.4 Å². The molecule has 126 valence electrons. The second kappa shape index (κ2) is 6.75. The molecule has 1 saturated heterocycles. The van der Waals surface area contributed by atoms with Gasteiger partial charge in [0, 0.05) is 18.9 Å². The van der Waals surface area contributed by atoms with Crippen molar-refractivity contribution in [3.05, 3.63) is 54.2 Å². The molecule has 4 rings (SSSR count). The Bertz CT molecular complexity index is 674. The Labute approximate surface area is 140 Å². The lowest BCUT2D eigenvalue weighted by Gasteiger charge is -2.31. The molecule has 2 fully saturated rings. The molecule has 1 saturated carbocycles. The number of pyridine rings is 1. The largest absolute Gasteiger partial charge is 0.472 e. The summed E-state index contributed by atoms with van der Waals surface area (Å²) in [6, 6.07) is 5.62. The first-order chi connectivity index (χ1) is 11.8. The minimum absolute atomic E-state index is 0.0186. The lowest BCUT2D eigenvalue weighted by atomic mass is 10.1. The molecular weight excluding hydrogens is 308 g/mol. The molecule has 6 heteroatoms. The van der Waals surface area contributed by atoms with Crippen molar-refractivity contribution in [3.8, 4) is 0 Å². The van der Waals surface area contributed by atoms with Gasteiger partial charge in [0.05, 0.1) is 37.2 Å². The number of hydrogen-bond donors (Lipinski definition) is 0. The zero-order valence-electron chi connectivity index (χ0n) is 13.3. The van der Waals surface area contributed by atoms with Gasteiger partial charge in [-0.25, -0.2) is 0 Å². The average Bonchev–Trinajstić information content (AvgIpc) is 3.22. The van der Waals surface area contributed by atoms with Gasteiger partial charge in [-0.1, -0.05) is 6.07 Å². The first-order valence-electron chi connectivity index (χ1n) is 8.28. The van der Waals surface area contributed by atoms with E-state index in [-0.39, 0.29) is 24.2 Å². The van der Waals surface area contributed by atoms with E-state index in [9.17, 15) is 4.79 Å². The van der Waals surface area contributed by atoms with E-state index >= 15 is 0 Å². The van der Waals surface area contributed by atoms with Crippen molar-refractivity contribution in [3.63, 3.8) is 0 Å². The third-order valence-electron chi connectivity index (χ3n) is 4.75. The van der Waals surface area contributed by atoms with Crippen LogP contribution in [0.4, 0.5) is 0 Å². The van der Waals surface area contributed by atoms with Crippen LogP contribution in [0.1, 0.15) is 28.8 Å². The summed E-state index contributed by atoms with van der Waals surface area (Å²) in [5.74, 6) is -0.0186. The Hall–Kier alpha value is -2.18. The summed E-state index contributed by atoms with van der Waals surface area (Å²) in [6.07, 6.45) is 8.31. The van der Waals surface area contributed by atoms with E-state index in [1.165, 1.54) is 12.5 Å². The number of furan rings is 1. The SMILES string of the molecule is O=C(c1ccoc1)N1CCOC2CCC1C2OCc1cccnc1. The van der Waals surface area contributed by atoms with Crippen LogP contribution in [0.25, 0.3) is 0 Å². The van der Waals surface area contributed by atoms with Gasteiger partial charge in [-0.3, -0.25) is 9.78 Å². The predicted molar refractivity (Wildman–Crippen MR) is 85.3 cm³/mol. The summed E-state index contributed by atoms with van der Waals surface area (Å²) >= 11 is 0. The highest BCUT2D eigenvalue weighted by Crippen LogP contribution is 2.33. The molecule has 2 bridgehead atoms. The molecule has 0 aromatic carbocycles. The normalized spacial score (nSPS) is 26.3. The number of nitrogens with zero attached hydrogens (tertiary/aromatic N) is 2. The van der Waals surface area contributed by atoms with Gasteiger partial charge in [-0.2, -0.15) is 0 Å². The van der Waals surface area contributed by atoms with Gasteiger partial charge in [-0.15, -0.1) is 0 Å². The molecule has 0 N–H and O–H groups in total. The smallest absolute Gasteiger partial charge is 0.257 e. The van der Waals surface area contributed by atoms with Crippen molar-refractivity contribution < 1.29 is 18.7 Å². The number of amides is 1. The Morgan fingerprint density at radius 1 is 1.38 bits per heavy atom. The van der Waals surface area contributed by atoms with Crippen LogP contribution in [-0.4, -0.2) is 47.2 Å². The molecule has 2 aromatic rings. The molecule has 2 aromatic heterocycles. The number of ether oxygens (including phenoxy) is 2. The summed E-state index contributed by atoms with van der Waals surface area (Å²) in [7, 11) is 0. The number of fused-ring (bicyclic) bond motifs is 2. The van der Waals surface area contributed by atoms with Crippen LogP contribution < -0.4 is 0 Å². The van der Waals surface area contributed by atoms with Crippen LogP contribution in [-0.2, 0) is 16.1 Å². The Kier molecular flexibility index (Phi) is 4.32. The molecule has 1 aliphatic carbocycles. The van der Waals surface area contributed by atoms with Crippen LogP contribution >= 0.6 is 0 Å². The van der Waals surface area contributed by atoms with E-state index in [2.05, 4.69) is 4.98 Å². The highest BCUT2D eigenvalue weighted by Gasteiger charge is 2.44. The minimum atomic E-state index is -0.108. The number of carbonyl (C=O) groups is 1. The first kappa shape index (κ1) is 15.4. The van der Waals surface area contributed by atoms with E-state index in [4.69, 9.17) is 13.9 Å². The summed E-state index contributed by atoms with van der Waals surface area (Å²) in [6.45, 7) is 1.60. The monoisotopic (exact) mass is 328 g/mol. The fourth-order valence-corrected chi connectivity index (χ4v) is 3.59. The third-order valence-corrected chi connectivity index (χ3v) is 4.75. The highest BCUT2D eigenvalue weighted by molar-refractivity contribution is 5.94. The Balaban J connectivity index is 1.50. The summed E-state index contributed by atoms with van der Waals surface area (Å²) < 4.78 is 17.1. The summed E-state index contributed by atoms with van der Waals surface area (Å²) in [5.41, 5.74) is 1.60. The first-order valence-corrected chi connectivity index (χ1v) is 8.28. The average molecular weight is 328 g/mol. The number of rotatable bonds is 4. The number of hydrogen-bond acceptors (Lipinski definition) is 5. The molecule has 3 atom stereocenters. The van der Waals surface area contributed by atoms with Gasteiger partial charge in [-0.05, 0) is 30.5 Å². The summed E-state index contributed by atoms with van der Waals surface area (Å²) in [4.78, 5) is 18.8. The third kappa shape index (κ3) is 2.95. The van der Waals surface area contributed by atoms with Crippen molar-refractivity contribution in [2.24, 2.45) is 0 Å². The zero-order valence-corrected chi connectivity index (χ0v) is 13.3. The van der Waals surface area contributed by atoms with E-state index in [1.807, 2.05) is 17.0 Å². The second-order valence-electron chi connectivity index (χ2n) is 6.20. The fraction of sp³-hybridized carbons (Fsp3) is 0.444. The van der Waals surface area contributed by atoms with Crippen molar-refractivity contribution in [1.82, 2.24) is 9.88 Å². The molecule has 3 unspecified atom stereocenters. The molecule has 1 aliphatic heterocycles. The molecule has 6 nitrogen and oxygen atoms in total. The van der Waals surface area contributed by atoms with Gasteiger partial charge in [0.15, 0.2) is 0 Å². The van der Waals surface area contributed by atoms with E-state index < -0.39 is 0 Å². The van der Waals surface area contributed by atoms with Crippen LogP contribution in [0.2, 0.25) is 0 Å². The van der Waals surface area contributed by atoms with Crippen molar-refractivity contribution in [2.75, 3.05) is 13.2 Å². The Morgan fingerprint density at radius 2 is 2.33 bits per heavy atom. The second-order valence-corrected chi connectivity index (χ2v) is 6.20.